The van der Waals surface area contributed by atoms with Crippen LogP contribution in [0.2, 0.25) is 0 Å². The average molecular weight is 153 g/mol. The van der Waals surface area contributed by atoms with Crippen molar-refractivity contribution in [2.45, 2.75) is 33.1 Å². The summed E-state index contributed by atoms with van der Waals surface area (Å²) in [7, 11) is 0. The highest BCUT2D eigenvalue weighted by atomic mass is 16.4. The molecule has 0 aromatic rings. The molecule has 2 aliphatic carbocycles. The van der Waals surface area contributed by atoms with Gasteiger partial charge in [-0.05, 0) is 25.2 Å². The highest BCUT2D eigenvalue weighted by Crippen LogP contribution is 2.53. The zero-order valence-electron chi connectivity index (χ0n) is 7.17. The van der Waals surface area contributed by atoms with Crippen LogP contribution in [0.15, 0.2) is 5.16 Å². The molecule has 0 radical (unpaired) electrons. The van der Waals surface area contributed by atoms with Crippen LogP contribution in [-0.2, 0) is 0 Å². The van der Waals surface area contributed by atoms with E-state index in [9.17, 15) is 0 Å². The van der Waals surface area contributed by atoms with E-state index < -0.39 is 0 Å². The minimum Gasteiger partial charge on any atom is -0.411 e. The lowest BCUT2D eigenvalue weighted by Crippen LogP contribution is -2.30. The molecule has 0 spiro atoms. The first-order valence-electron chi connectivity index (χ1n) is 4.38. The predicted octanol–water partition coefficient (Wildman–Crippen LogP) is 2.27. The highest BCUT2D eigenvalue weighted by Gasteiger charge is 2.50. The molecule has 2 aliphatic rings. The largest absolute Gasteiger partial charge is 0.411 e. The van der Waals surface area contributed by atoms with E-state index in [-0.39, 0.29) is 5.41 Å². The molecule has 2 bridgehead atoms. The van der Waals surface area contributed by atoms with Crippen molar-refractivity contribution in [1.82, 2.24) is 0 Å². The molecule has 0 aromatic carbocycles. The minimum absolute atomic E-state index is 0.178. The Balaban J connectivity index is 2.36. The van der Waals surface area contributed by atoms with Gasteiger partial charge in [0.05, 0.1) is 5.71 Å². The van der Waals surface area contributed by atoms with Gasteiger partial charge in [-0.25, -0.2) is 0 Å². The van der Waals surface area contributed by atoms with Gasteiger partial charge in [0, 0.05) is 11.3 Å². The molecule has 0 aromatic heterocycles. The fourth-order valence-electron chi connectivity index (χ4n) is 2.83. The molecule has 62 valence electrons. The van der Waals surface area contributed by atoms with Crippen LogP contribution in [0.3, 0.4) is 0 Å². The van der Waals surface area contributed by atoms with Crippen molar-refractivity contribution in [2.75, 3.05) is 0 Å². The zero-order valence-corrected chi connectivity index (χ0v) is 7.17. The summed E-state index contributed by atoms with van der Waals surface area (Å²) in [5.41, 5.74) is 1.23. The third kappa shape index (κ3) is 0.754. The lowest BCUT2D eigenvalue weighted by molar-refractivity contribution is 0.285. The Bertz CT molecular complexity index is 208. The fourth-order valence-corrected chi connectivity index (χ4v) is 2.83. The fraction of sp³-hybridized carbons (Fsp3) is 0.889. The van der Waals surface area contributed by atoms with Crippen LogP contribution >= 0.6 is 0 Å². The van der Waals surface area contributed by atoms with E-state index >= 15 is 0 Å². The minimum atomic E-state index is 0.178. The van der Waals surface area contributed by atoms with Crippen molar-refractivity contribution in [3.8, 4) is 0 Å². The number of nitrogens with zero attached hydrogens (tertiary/aromatic N) is 1. The van der Waals surface area contributed by atoms with Crippen LogP contribution in [0.4, 0.5) is 0 Å². The van der Waals surface area contributed by atoms with Crippen molar-refractivity contribution < 1.29 is 5.21 Å². The van der Waals surface area contributed by atoms with Crippen molar-refractivity contribution in [1.29, 1.82) is 0 Å². The average Bonchev–Trinajstić information content (AvgIpc) is 2.44. The predicted molar refractivity (Wildman–Crippen MR) is 43.8 cm³/mol. The molecule has 0 amide bonds. The van der Waals surface area contributed by atoms with E-state index in [1.165, 1.54) is 19.3 Å². The van der Waals surface area contributed by atoms with E-state index in [1.807, 2.05) is 0 Å². The summed E-state index contributed by atoms with van der Waals surface area (Å²) >= 11 is 0. The summed E-state index contributed by atoms with van der Waals surface area (Å²) in [5, 5.41) is 12.3. The first-order valence-corrected chi connectivity index (χ1v) is 4.38. The van der Waals surface area contributed by atoms with Gasteiger partial charge >= 0.3 is 0 Å². The van der Waals surface area contributed by atoms with Crippen LogP contribution in [0.25, 0.3) is 0 Å². The molecule has 2 unspecified atom stereocenters. The number of hydrogen-bond donors (Lipinski definition) is 1. The summed E-state index contributed by atoms with van der Waals surface area (Å²) in [6.07, 6.45) is 3.83. The Labute approximate surface area is 67.3 Å². The second-order valence-electron chi connectivity index (χ2n) is 4.41. The second-order valence-corrected chi connectivity index (χ2v) is 4.41. The number of oxime groups is 1. The quantitative estimate of drug-likeness (QED) is 0.420. The molecular weight excluding hydrogens is 138 g/mol. The number of hydrogen-bond acceptors (Lipinski definition) is 2. The van der Waals surface area contributed by atoms with E-state index in [2.05, 4.69) is 19.0 Å². The van der Waals surface area contributed by atoms with E-state index in [0.29, 0.717) is 5.92 Å². The van der Waals surface area contributed by atoms with Gasteiger partial charge in [-0.2, -0.15) is 0 Å². The molecule has 0 saturated heterocycles. The van der Waals surface area contributed by atoms with Crippen LogP contribution < -0.4 is 0 Å². The lowest BCUT2D eigenvalue weighted by Gasteiger charge is -2.29. The van der Waals surface area contributed by atoms with Crippen molar-refractivity contribution in [3.63, 3.8) is 0 Å². The van der Waals surface area contributed by atoms with Crippen LogP contribution in [0, 0.1) is 17.3 Å². The molecule has 11 heavy (non-hydrogen) atoms. The van der Waals surface area contributed by atoms with Gasteiger partial charge in [0.25, 0.3) is 0 Å². The third-order valence-corrected chi connectivity index (χ3v) is 3.61. The molecule has 2 rings (SSSR count). The Morgan fingerprint density at radius 2 is 2.18 bits per heavy atom. The molecular formula is C9H15NO. The topological polar surface area (TPSA) is 32.6 Å². The molecule has 2 atom stereocenters. The number of rotatable bonds is 0. The molecule has 1 N–H and O–H groups in total. The van der Waals surface area contributed by atoms with Crippen LogP contribution in [0.1, 0.15) is 33.1 Å². The van der Waals surface area contributed by atoms with Crippen molar-refractivity contribution >= 4 is 5.71 Å². The molecule has 2 heteroatoms. The molecule has 2 fully saturated rings. The van der Waals surface area contributed by atoms with Gasteiger partial charge in [-0.1, -0.05) is 19.0 Å². The first-order chi connectivity index (χ1) is 5.16. The van der Waals surface area contributed by atoms with Gasteiger partial charge in [0.1, 0.15) is 0 Å². The normalized spacial score (nSPS) is 43.6. The van der Waals surface area contributed by atoms with E-state index in [0.717, 1.165) is 11.6 Å². The maximum atomic E-state index is 8.81. The Morgan fingerprint density at radius 1 is 1.45 bits per heavy atom. The summed E-state index contributed by atoms with van der Waals surface area (Å²) in [4.78, 5) is 0. The number of fused-ring (bicyclic) bond motifs is 2. The summed E-state index contributed by atoms with van der Waals surface area (Å²) in [6.45, 7) is 4.40. The third-order valence-electron chi connectivity index (χ3n) is 3.61. The van der Waals surface area contributed by atoms with Gasteiger partial charge < -0.3 is 5.21 Å². The van der Waals surface area contributed by atoms with Gasteiger partial charge in [0.15, 0.2) is 0 Å². The van der Waals surface area contributed by atoms with Gasteiger partial charge in [0.2, 0.25) is 0 Å². The van der Waals surface area contributed by atoms with Gasteiger partial charge in [-0.3, -0.25) is 0 Å². The Hall–Kier alpha value is -0.530. The standard InChI is InChI=1S/C9H15NO/c1-9(2)7-4-3-6(5-7)8(9)10-11/h6-7,11H,3-5H2,1-2H3. The zero-order chi connectivity index (χ0) is 8.06. The van der Waals surface area contributed by atoms with E-state index in [4.69, 9.17) is 5.21 Å². The molecule has 0 heterocycles. The molecule has 0 aliphatic heterocycles. The second kappa shape index (κ2) is 1.99. The maximum Gasteiger partial charge on any atom is 0.0660 e. The van der Waals surface area contributed by atoms with Crippen LogP contribution in [-0.4, -0.2) is 10.9 Å². The maximum absolute atomic E-state index is 8.81. The Kier molecular flexibility index (Phi) is 1.29. The van der Waals surface area contributed by atoms with Crippen LogP contribution in [0.5, 0.6) is 0 Å². The first kappa shape index (κ1) is 7.14. The molecule has 2 nitrogen and oxygen atoms in total. The smallest absolute Gasteiger partial charge is 0.0660 e. The lowest BCUT2D eigenvalue weighted by atomic mass is 9.75. The van der Waals surface area contributed by atoms with Crippen molar-refractivity contribution in [2.24, 2.45) is 22.4 Å². The monoisotopic (exact) mass is 153 g/mol. The van der Waals surface area contributed by atoms with E-state index in [1.54, 1.807) is 0 Å². The highest BCUT2D eigenvalue weighted by molar-refractivity contribution is 5.94. The van der Waals surface area contributed by atoms with Crippen molar-refractivity contribution in [3.05, 3.63) is 0 Å². The molecule has 2 saturated carbocycles. The van der Waals surface area contributed by atoms with Gasteiger partial charge in [-0.15, -0.1) is 0 Å². The summed E-state index contributed by atoms with van der Waals surface area (Å²) in [6, 6.07) is 0. The Morgan fingerprint density at radius 3 is 2.55 bits per heavy atom. The summed E-state index contributed by atoms with van der Waals surface area (Å²) < 4.78 is 0. The SMILES string of the molecule is CC1(C)C(=NO)C2CCC1C2. The summed E-state index contributed by atoms with van der Waals surface area (Å²) in [5.74, 6) is 1.37.